The third-order valence-electron chi connectivity index (χ3n) is 4.22. The largest absolute Gasteiger partial charge is 0.507 e. The second-order valence-corrected chi connectivity index (χ2v) is 6.24. The van der Waals surface area contributed by atoms with Gasteiger partial charge in [0.2, 0.25) is 0 Å². The Labute approximate surface area is 142 Å². The summed E-state index contributed by atoms with van der Waals surface area (Å²) in [5, 5.41) is 20.2. The number of esters is 1. The molecule has 5 heteroatoms. The lowest BCUT2D eigenvalue weighted by molar-refractivity contribution is 0.0307. The minimum atomic E-state index is -0.542. The standard InChI is InChI=1S/C19H26O5/c1-13-7-6-10-15(20)9-5-3-4-8-14-11-16(23-2)12-17(21)18(14)19(22)24-13/h4,8,11-13,15,20-21H,3,5-7,9-10H2,1-2H3/b8-4-/t13-,15-/m0/s1. The van der Waals surface area contributed by atoms with Crippen LogP contribution in [0.5, 0.6) is 11.5 Å². The fourth-order valence-corrected chi connectivity index (χ4v) is 2.86. The van der Waals surface area contributed by atoms with Gasteiger partial charge >= 0.3 is 5.97 Å². The molecule has 0 saturated heterocycles. The van der Waals surface area contributed by atoms with E-state index >= 15 is 0 Å². The molecular weight excluding hydrogens is 308 g/mol. The van der Waals surface area contributed by atoms with Crippen molar-refractivity contribution in [1.82, 2.24) is 0 Å². The second kappa shape index (κ2) is 8.73. The van der Waals surface area contributed by atoms with Gasteiger partial charge in [0.05, 0.1) is 19.3 Å². The number of methoxy groups -OCH3 is 1. The number of rotatable bonds is 1. The molecule has 1 aromatic carbocycles. The predicted molar refractivity (Wildman–Crippen MR) is 92.3 cm³/mol. The van der Waals surface area contributed by atoms with Gasteiger partial charge in [-0.1, -0.05) is 12.2 Å². The van der Waals surface area contributed by atoms with Crippen LogP contribution in [0.1, 0.15) is 61.4 Å². The van der Waals surface area contributed by atoms with Crippen molar-refractivity contribution in [2.45, 2.75) is 57.7 Å². The highest BCUT2D eigenvalue weighted by molar-refractivity contribution is 5.97. The molecule has 0 saturated carbocycles. The third kappa shape index (κ3) is 4.99. The molecule has 0 unspecified atom stereocenters. The minimum absolute atomic E-state index is 0.145. The van der Waals surface area contributed by atoms with Gasteiger partial charge in [-0.2, -0.15) is 0 Å². The maximum absolute atomic E-state index is 12.5. The van der Waals surface area contributed by atoms with E-state index in [2.05, 4.69) is 0 Å². The number of carbonyl (C=O) groups is 1. The van der Waals surface area contributed by atoms with Crippen LogP contribution in [0.4, 0.5) is 0 Å². The summed E-state index contributed by atoms with van der Waals surface area (Å²) >= 11 is 0. The van der Waals surface area contributed by atoms with Crippen molar-refractivity contribution in [3.8, 4) is 11.5 Å². The summed E-state index contributed by atoms with van der Waals surface area (Å²) in [5.41, 5.74) is 0.734. The van der Waals surface area contributed by atoms with Gasteiger partial charge in [0.15, 0.2) is 0 Å². The molecule has 0 aromatic heterocycles. The van der Waals surface area contributed by atoms with Gasteiger partial charge < -0.3 is 19.7 Å². The summed E-state index contributed by atoms with van der Waals surface area (Å²) in [6.07, 6.45) is 7.78. The van der Waals surface area contributed by atoms with Crippen molar-refractivity contribution in [2.24, 2.45) is 0 Å². The van der Waals surface area contributed by atoms with Crippen molar-refractivity contribution < 1.29 is 24.5 Å². The number of aliphatic hydroxyl groups excluding tert-OH is 1. The molecule has 0 aliphatic carbocycles. The number of cyclic esters (lactones) is 1. The Balaban J connectivity index is 2.32. The van der Waals surface area contributed by atoms with Gasteiger partial charge in [-0.25, -0.2) is 4.79 Å². The lowest BCUT2D eigenvalue weighted by atomic mass is 10.0. The fourth-order valence-electron chi connectivity index (χ4n) is 2.86. The van der Waals surface area contributed by atoms with Crippen molar-refractivity contribution in [3.63, 3.8) is 0 Å². The van der Waals surface area contributed by atoms with Crippen molar-refractivity contribution in [3.05, 3.63) is 29.3 Å². The number of hydrogen-bond donors (Lipinski definition) is 2. The Kier molecular flexibility index (Phi) is 6.67. The molecule has 0 spiro atoms. The Hall–Kier alpha value is -2.01. The second-order valence-electron chi connectivity index (χ2n) is 6.24. The molecule has 1 aromatic rings. The van der Waals surface area contributed by atoms with Gasteiger partial charge in [-0.05, 0) is 57.1 Å². The van der Waals surface area contributed by atoms with Crippen LogP contribution >= 0.6 is 0 Å². The zero-order valence-corrected chi connectivity index (χ0v) is 14.3. The number of ether oxygens (including phenoxy) is 2. The van der Waals surface area contributed by atoms with Crippen LogP contribution < -0.4 is 4.74 Å². The predicted octanol–water partition coefficient (Wildman–Crippen LogP) is 3.67. The normalized spacial score (nSPS) is 24.4. The van der Waals surface area contributed by atoms with E-state index in [-0.39, 0.29) is 23.5 Å². The number of allylic oxidation sites excluding steroid dienone is 1. The number of aromatic hydroxyl groups is 1. The molecule has 0 amide bonds. The average molecular weight is 334 g/mol. The van der Waals surface area contributed by atoms with Crippen LogP contribution in [0, 0.1) is 0 Å². The first-order valence-electron chi connectivity index (χ1n) is 8.48. The summed E-state index contributed by atoms with van der Waals surface area (Å²) in [5.74, 6) is -0.207. The zero-order chi connectivity index (χ0) is 17.5. The first-order valence-corrected chi connectivity index (χ1v) is 8.48. The quantitative estimate of drug-likeness (QED) is 0.766. The van der Waals surface area contributed by atoms with Gasteiger partial charge in [0.25, 0.3) is 0 Å². The highest BCUT2D eigenvalue weighted by atomic mass is 16.5. The molecule has 5 nitrogen and oxygen atoms in total. The van der Waals surface area contributed by atoms with E-state index in [4.69, 9.17) is 9.47 Å². The van der Waals surface area contributed by atoms with Gasteiger partial charge in [-0.15, -0.1) is 0 Å². The summed E-state index contributed by atoms with van der Waals surface area (Å²) < 4.78 is 10.6. The SMILES string of the molecule is COc1cc(O)c2c(c1)/C=C\CCC[C@H](O)CCC[C@H](C)OC2=O. The maximum Gasteiger partial charge on any atom is 0.342 e. The molecule has 24 heavy (non-hydrogen) atoms. The minimum Gasteiger partial charge on any atom is -0.507 e. The lowest BCUT2D eigenvalue weighted by Crippen LogP contribution is -2.17. The van der Waals surface area contributed by atoms with Gasteiger partial charge in [0.1, 0.15) is 17.1 Å². The fraction of sp³-hybridized carbons (Fsp3) is 0.526. The summed E-state index contributed by atoms with van der Waals surface area (Å²) in [6, 6.07) is 3.12. The Morgan fingerprint density at radius 1 is 1.21 bits per heavy atom. The Morgan fingerprint density at radius 3 is 2.71 bits per heavy atom. The van der Waals surface area contributed by atoms with Crippen molar-refractivity contribution in [2.75, 3.05) is 7.11 Å². The molecule has 1 heterocycles. The smallest absolute Gasteiger partial charge is 0.342 e. The number of phenolic OH excluding ortho intramolecular Hbond substituents is 1. The number of benzene rings is 1. The molecule has 1 aliphatic rings. The first kappa shape index (κ1) is 18.3. The van der Waals surface area contributed by atoms with E-state index in [1.54, 1.807) is 12.1 Å². The number of fused-ring (bicyclic) bond motifs is 1. The molecule has 1 aliphatic heterocycles. The molecule has 132 valence electrons. The van der Waals surface area contributed by atoms with E-state index in [9.17, 15) is 15.0 Å². The molecule has 0 bridgehead atoms. The van der Waals surface area contributed by atoms with Crippen LogP contribution in [-0.2, 0) is 4.74 Å². The van der Waals surface area contributed by atoms with E-state index in [1.807, 2.05) is 13.0 Å². The molecule has 2 atom stereocenters. The molecule has 2 N–H and O–H groups in total. The van der Waals surface area contributed by atoms with Gasteiger partial charge in [0, 0.05) is 6.07 Å². The number of hydrogen-bond acceptors (Lipinski definition) is 5. The first-order chi connectivity index (χ1) is 11.5. The van der Waals surface area contributed by atoms with Gasteiger partial charge in [-0.3, -0.25) is 0 Å². The number of aliphatic hydroxyl groups is 1. The number of carbonyl (C=O) groups excluding carboxylic acids is 1. The van der Waals surface area contributed by atoms with Crippen LogP contribution in [0.3, 0.4) is 0 Å². The third-order valence-corrected chi connectivity index (χ3v) is 4.22. The highest BCUT2D eigenvalue weighted by Gasteiger charge is 2.21. The highest BCUT2D eigenvalue weighted by Crippen LogP contribution is 2.30. The lowest BCUT2D eigenvalue weighted by Gasteiger charge is -2.17. The molecular formula is C19H26O5. The zero-order valence-electron chi connectivity index (χ0n) is 14.3. The van der Waals surface area contributed by atoms with Crippen molar-refractivity contribution in [1.29, 1.82) is 0 Å². The van der Waals surface area contributed by atoms with Crippen molar-refractivity contribution >= 4 is 12.0 Å². The van der Waals surface area contributed by atoms with E-state index in [0.29, 0.717) is 24.2 Å². The topological polar surface area (TPSA) is 76.0 Å². The average Bonchev–Trinajstić information content (AvgIpc) is 2.53. The summed E-state index contributed by atoms with van der Waals surface area (Å²) in [6.45, 7) is 1.83. The Morgan fingerprint density at radius 2 is 1.96 bits per heavy atom. The number of phenols is 1. The summed E-state index contributed by atoms with van der Waals surface area (Å²) in [7, 11) is 1.51. The van der Waals surface area contributed by atoms with Crippen LogP contribution in [0.25, 0.3) is 6.08 Å². The molecule has 0 fully saturated rings. The van der Waals surface area contributed by atoms with E-state index < -0.39 is 5.97 Å². The molecule has 0 radical (unpaired) electrons. The maximum atomic E-state index is 12.5. The van der Waals surface area contributed by atoms with Crippen LogP contribution in [-0.4, -0.2) is 35.5 Å². The Bertz CT molecular complexity index is 594. The van der Waals surface area contributed by atoms with Crippen LogP contribution in [0.15, 0.2) is 18.2 Å². The molecule has 2 rings (SSSR count). The van der Waals surface area contributed by atoms with E-state index in [1.165, 1.54) is 13.2 Å². The summed E-state index contributed by atoms with van der Waals surface area (Å²) in [4.78, 5) is 12.5. The van der Waals surface area contributed by atoms with E-state index in [0.717, 1.165) is 25.7 Å². The van der Waals surface area contributed by atoms with Crippen LogP contribution in [0.2, 0.25) is 0 Å². The monoisotopic (exact) mass is 334 g/mol.